The van der Waals surface area contributed by atoms with E-state index in [4.69, 9.17) is 4.74 Å². The van der Waals surface area contributed by atoms with Crippen molar-refractivity contribution in [1.29, 1.82) is 0 Å². The lowest BCUT2D eigenvalue weighted by molar-refractivity contribution is 0.340. The Bertz CT molecular complexity index is 564. The molecule has 21 heavy (non-hydrogen) atoms. The zero-order valence-electron chi connectivity index (χ0n) is 13.2. The molecule has 0 N–H and O–H groups in total. The number of ether oxygens (including phenoxy) is 1. The van der Waals surface area contributed by atoms with Crippen molar-refractivity contribution < 1.29 is 4.74 Å². The van der Waals surface area contributed by atoms with Crippen LogP contribution in [-0.4, -0.2) is 6.61 Å². The fourth-order valence-electron chi connectivity index (χ4n) is 2.24. The number of hydrogen-bond donors (Lipinski definition) is 0. The second-order valence-electron chi connectivity index (χ2n) is 6.24. The molecule has 0 aliphatic carbocycles. The molecule has 0 saturated carbocycles. The van der Waals surface area contributed by atoms with Crippen LogP contribution in [0.3, 0.4) is 0 Å². The van der Waals surface area contributed by atoms with Gasteiger partial charge in [-0.05, 0) is 41.2 Å². The van der Waals surface area contributed by atoms with Gasteiger partial charge in [-0.15, -0.1) is 0 Å². The van der Waals surface area contributed by atoms with Gasteiger partial charge in [0.05, 0.1) is 11.4 Å². The Morgan fingerprint density at radius 2 is 1.38 bits per heavy atom. The van der Waals surface area contributed by atoms with Crippen molar-refractivity contribution in [2.45, 2.75) is 37.9 Å². The molecule has 2 aromatic carbocycles. The summed E-state index contributed by atoms with van der Waals surface area (Å²) in [6.45, 7) is 9.41. The number of rotatable bonds is 4. The van der Waals surface area contributed by atoms with Gasteiger partial charge in [0.15, 0.2) is 0 Å². The fraction of sp³-hybridized carbons (Fsp3) is 0.368. The zero-order valence-corrected chi connectivity index (χ0v) is 14.8. The van der Waals surface area contributed by atoms with Gasteiger partial charge in [-0.2, -0.15) is 0 Å². The van der Waals surface area contributed by atoms with Crippen LogP contribution in [0.5, 0.6) is 5.75 Å². The van der Waals surface area contributed by atoms with Gasteiger partial charge in [0.25, 0.3) is 0 Å². The van der Waals surface area contributed by atoms with Gasteiger partial charge in [-0.25, -0.2) is 0 Å². The fourth-order valence-corrected chi connectivity index (χ4v) is 2.85. The normalized spacial score (nSPS) is 13.0. The van der Waals surface area contributed by atoms with Crippen LogP contribution in [0.4, 0.5) is 0 Å². The summed E-state index contributed by atoms with van der Waals surface area (Å²) in [5, 5.41) is 0. The third-order valence-corrected chi connectivity index (χ3v) is 4.61. The quantitative estimate of drug-likeness (QED) is 0.629. The van der Waals surface area contributed by atoms with Crippen LogP contribution < -0.4 is 4.74 Å². The van der Waals surface area contributed by atoms with Gasteiger partial charge in [0.1, 0.15) is 5.75 Å². The molecule has 112 valence electrons. The highest BCUT2D eigenvalue weighted by atomic mass is 79.9. The van der Waals surface area contributed by atoms with Crippen molar-refractivity contribution >= 4 is 15.9 Å². The van der Waals surface area contributed by atoms with Gasteiger partial charge in [-0.3, -0.25) is 0 Å². The molecule has 2 rings (SSSR count). The average molecular weight is 347 g/mol. The van der Waals surface area contributed by atoms with E-state index in [1.165, 1.54) is 16.7 Å². The molecule has 1 atom stereocenters. The number of halogens is 1. The van der Waals surface area contributed by atoms with Gasteiger partial charge < -0.3 is 4.74 Å². The highest BCUT2D eigenvalue weighted by molar-refractivity contribution is 9.09. The maximum Gasteiger partial charge on any atom is 0.119 e. The van der Waals surface area contributed by atoms with Crippen LogP contribution in [0.1, 0.15) is 49.2 Å². The van der Waals surface area contributed by atoms with E-state index >= 15 is 0 Å². The lowest BCUT2D eigenvalue weighted by Crippen LogP contribution is -2.10. The van der Waals surface area contributed by atoms with E-state index in [1.54, 1.807) is 0 Å². The smallest absolute Gasteiger partial charge is 0.119 e. The van der Waals surface area contributed by atoms with Gasteiger partial charge >= 0.3 is 0 Å². The largest absolute Gasteiger partial charge is 0.494 e. The molecule has 2 heteroatoms. The Labute approximate surface area is 136 Å². The minimum Gasteiger partial charge on any atom is -0.494 e. The van der Waals surface area contributed by atoms with Gasteiger partial charge in [0, 0.05) is 0 Å². The second kappa shape index (κ2) is 6.65. The summed E-state index contributed by atoms with van der Waals surface area (Å²) >= 11 is 3.79. The lowest BCUT2D eigenvalue weighted by atomic mass is 9.86. The molecule has 0 aliphatic heterocycles. The Hall–Kier alpha value is -1.28. The summed E-state index contributed by atoms with van der Waals surface area (Å²) in [5.74, 6) is 0.920. The average Bonchev–Trinajstić information content (AvgIpc) is 2.47. The van der Waals surface area contributed by atoms with E-state index in [2.05, 4.69) is 73.1 Å². The first-order valence-electron chi connectivity index (χ1n) is 7.39. The molecule has 1 unspecified atom stereocenters. The first-order valence-corrected chi connectivity index (χ1v) is 8.30. The molecule has 0 bridgehead atoms. The highest BCUT2D eigenvalue weighted by Gasteiger charge is 2.15. The summed E-state index contributed by atoms with van der Waals surface area (Å²) < 4.78 is 5.48. The standard InChI is InChI=1S/C19H23BrO/c1-5-21-17-12-8-15(9-13-17)18(20)14-6-10-16(11-7-14)19(2,3)4/h6-13,18H,5H2,1-4H3. The molecule has 0 aliphatic rings. The monoisotopic (exact) mass is 346 g/mol. The lowest BCUT2D eigenvalue weighted by Gasteiger charge is -2.20. The van der Waals surface area contributed by atoms with E-state index in [0.29, 0.717) is 6.61 Å². The van der Waals surface area contributed by atoms with Crippen molar-refractivity contribution in [3.63, 3.8) is 0 Å². The van der Waals surface area contributed by atoms with E-state index in [-0.39, 0.29) is 10.2 Å². The van der Waals surface area contributed by atoms with Crippen LogP contribution in [0.15, 0.2) is 48.5 Å². The first kappa shape index (κ1) is 16.1. The van der Waals surface area contributed by atoms with Crippen LogP contribution in [0.2, 0.25) is 0 Å². The minimum atomic E-state index is 0.194. The van der Waals surface area contributed by atoms with E-state index in [0.717, 1.165) is 5.75 Å². The third-order valence-electron chi connectivity index (χ3n) is 3.55. The molecule has 0 radical (unpaired) electrons. The topological polar surface area (TPSA) is 9.23 Å². The van der Waals surface area contributed by atoms with Crippen LogP contribution in [0, 0.1) is 0 Å². The maximum atomic E-state index is 5.48. The SMILES string of the molecule is CCOc1ccc(C(Br)c2ccc(C(C)(C)C)cc2)cc1. The van der Waals surface area contributed by atoms with Crippen LogP contribution in [0.25, 0.3) is 0 Å². The number of alkyl halides is 1. The predicted octanol–water partition coefficient (Wildman–Crippen LogP) is 5.87. The van der Waals surface area contributed by atoms with Crippen molar-refractivity contribution in [3.8, 4) is 5.75 Å². The molecule has 1 nitrogen and oxygen atoms in total. The summed E-state index contributed by atoms with van der Waals surface area (Å²) in [5.41, 5.74) is 4.06. The Balaban J connectivity index is 2.17. The minimum absolute atomic E-state index is 0.194. The van der Waals surface area contributed by atoms with E-state index < -0.39 is 0 Å². The molecule has 0 spiro atoms. The molecule has 0 aromatic heterocycles. The number of benzene rings is 2. The van der Waals surface area contributed by atoms with Crippen molar-refractivity contribution in [2.75, 3.05) is 6.61 Å². The van der Waals surface area contributed by atoms with Crippen molar-refractivity contribution in [1.82, 2.24) is 0 Å². The summed E-state index contributed by atoms with van der Waals surface area (Å²) in [7, 11) is 0. The molecule has 0 saturated heterocycles. The Morgan fingerprint density at radius 1 is 0.905 bits per heavy atom. The summed E-state index contributed by atoms with van der Waals surface area (Å²) in [4.78, 5) is 0.210. The summed E-state index contributed by atoms with van der Waals surface area (Å²) in [6.07, 6.45) is 0. The first-order chi connectivity index (χ1) is 9.91. The molecule has 0 amide bonds. The third kappa shape index (κ3) is 4.10. The highest BCUT2D eigenvalue weighted by Crippen LogP contribution is 2.33. The Kier molecular flexibility index (Phi) is 5.10. The number of hydrogen-bond acceptors (Lipinski definition) is 1. The Morgan fingerprint density at radius 3 is 1.81 bits per heavy atom. The molecule has 0 fully saturated rings. The second-order valence-corrected chi connectivity index (χ2v) is 7.15. The van der Waals surface area contributed by atoms with E-state index in [1.807, 2.05) is 19.1 Å². The van der Waals surface area contributed by atoms with Crippen molar-refractivity contribution in [2.24, 2.45) is 0 Å². The van der Waals surface area contributed by atoms with Gasteiger partial charge in [-0.1, -0.05) is 73.1 Å². The molecular formula is C19H23BrO. The van der Waals surface area contributed by atoms with Crippen LogP contribution in [-0.2, 0) is 5.41 Å². The predicted molar refractivity (Wildman–Crippen MR) is 93.5 cm³/mol. The van der Waals surface area contributed by atoms with Crippen LogP contribution >= 0.6 is 15.9 Å². The molecular weight excluding hydrogens is 324 g/mol. The molecule has 2 aromatic rings. The van der Waals surface area contributed by atoms with E-state index in [9.17, 15) is 0 Å². The maximum absolute atomic E-state index is 5.48. The molecule has 0 heterocycles. The zero-order chi connectivity index (χ0) is 15.5. The van der Waals surface area contributed by atoms with Crippen molar-refractivity contribution in [3.05, 3.63) is 65.2 Å². The summed E-state index contributed by atoms with van der Waals surface area (Å²) in [6, 6.07) is 17.1. The van der Waals surface area contributed by atoms with Gasteiger partial charge in [0.2, 0.25) is 0 Å².